The van der Waals surface area contributed by atoms with Crippen molar-refractivity contribution >= 4 is 37.4 Å². The molecule has 1 unspecified atom stereocenters. The van der Waals surface area contributed by atoms with Crippen LogP contribution in [0.5, 0.6) is 0 Å². The van der Waals surface area contributed by atoms with Crippen molar-refractivity contribution in [3.05, 3.63) is 0 Å². The Balaban J connectivity index is 1.94. The Kier molecular flexibility index (Phi) is 6.08. The van der Waals surface area contributed by atoms with E-state index in [2.05, 4.69) is 22.6 Å². The highest BCUT2D eigenvalue weighted by molar-refractivity contribution is 14.1. The van der Waals surface area contributed by atoms with Gasteiger partial charge in [0.15, 0.2) is 0 Å². The standard InChI is InChI=1S/C10H19IO2Si/c1-2-9(11)10(12)13-5-3-6-14-7-4-8-14/h9,14H,2-8H2,1H3. The van der Waals surface area contributed by atoms with Gasteiger partial charge in [-0.3, -0.25) is 4.79 Å². The topological polar surface area (TPSA) is 26.3 Å². The zero-order valence-electron chi connectivity index (χ0n) is 8.80. The molecule has 1 heterocycles. The molecule has 0 aliphatic carbocycles. The second-order valence-electron chi connectivity index (χ2n) is 3.98. The molecule has 0 radical (unpaired) electrons. The molecule has 0 aromatic rings. The Morgan fingerprint density at radius 3 is 2.79 bits per heavy atom. The fraction of sp³-hybridized carbons (Fsp3) is 0.900. The second kappa shape index (κ2) is 6.82. The van der Waals surface area contributed by atoms with Gasteiger partial charge in [-0.2, -0.15) is 0 Å². The number of hydrogen-bond donors (Lipinski definition) is 0. The first kappa shape index (κ1) is 12.5. The molecule has 1 saturated heterocycles. The molecule has 4 heteroatoms. The number of carbonyl (C=O) groups excluding carboxylic acids is 1. The van der Waals surface area contributed by atoms with E-state index >= 15 is 0 Å². The van der Waals surface area contributed by atoms with Gasteiger partial charge >= 0.3 is 5.97 Å². The van der Waals surface area contributed by atoms with Gasteiger partial charge in [0.25, 0.3) is 0 Å². The predicted octanol–water partition coefficient (Wildman–Crippen LogP) is 2.76. The monoisotopic (exact) mass is 326 g/mol. The van der Waals surface area contributed by atoms with Crippen molar-refractivity contribution in [1.82, 2.24) is 0 Å². The summed E-state index contributed by atoms with van der Waals surface area (Å²) in [5.41, 5.74) is 0. The Morgan fingerprint density at radius 2 is 2.29 bits per heavy atom. The van der Waals surface area contributed by atoms with Crippen molar-refractivity contribution in [2.45, 2.75) is 48.2 Å². The van der Waals surface area contributed by atoms with Gasteiger partial charge in [0, 0.05) is 8.80 Å². The maximum Gasteiger partial charge on any atom is 0.318 e. The maximum absolute atomic E-state index is 11.3. The molecule has 14 heavy (non-hydrogen) atoms. The van der Waals surface area contributed by atoms with Gasteiger partial charge in [0.1, 0.15) is 3.92 Å². The van der Waals surface area contributed by atoms with Gasteiger partial charge in [-0.1, -0.05) is 54.1 Å². The van der Waals surface area contributed by atoms with Crippen molar-refractivity contribution in [3.8, 4) is 0 Å². The van der Waals surface area contributed by atoms with E-state index in [4.69, 9.17) is 4.74 Å². The molecule has 82 valence electrons. The summed E-state index contributed by atoms with van der Waals surface area (Å²) in [6, 6.07) is 4.43. The minimum absolute atomic E-state index is 0.0247. The quantitative estimate of drug-likeness (QED) is 0.247. The number of rotatable bonds is 6. The maximum atomic E-state index is 11.3. The zero-order valence-corrected chi connectivity index (χ0v) is 12.1. The number of esters is 1. The van der Waals surface area contributed by atoms with Crippen molar-refractivity contribution in [2.24, 2.45) is 0 Å². The van der Waals surface area contributed by atoms with E-state index in [1.807, 2.05) is 6.92 Å². The smallest absolute Gasteiger partial charge is 0.318 e. The Bertz CT molecular complexity index is 183. The first-order valence-corrected chi connectivity index (χ1v) is 9.24. The van der Waals surface area contributed by atoms with Gasteiger partial charge in [-0.15, -0.1) is 0 Å². The molecule has 1 aliphatic rings. The fourth-order valence-electron chi connectivity index (χ4n) is 1.58. The molecule has 0 saturated carbocycles. The molecular formula is C10H19IO2Si. The van der Waals surface area contributed by atoms with Crippen LogP contribution in [-0.2, 0) is 9.53 Å². The van der Waals surface area contributed by atoms with E-state index in [9.17, 15) is 4.79 Å². The minimum Gasteiger partial charge on any atom is -0.465 e. The third-order valence-corrected chi connectivity index (χ3v) is 7.90. The van der Waals surface area contributed by atoms with E-state index < -0.39 is 0 Å². The van der Waals surface area contributed by atoms with E-state index in [0.29, 0.717) is 6.61 Å². The SMILES string of the molecule is CCC(I)C(=O)OCCC[SiH]1CCC1. The fourth-order valence-corrected chi connectivity index (χ4v) is 4.07. The first-order valence-electron chi connectivity index (χ1n) is 5.54. The Labute approximate surface area is 102 Å². The van der Waals surface area contributed by atoms with E-state index in [1.54, 1.807) is 0 Å². The minimum atomic E-state index is -0.289. The molecule has 0 aromatic heterocycles. The largest absolute Gasteiger partial charge is 0.465 e. The summed E-state index contributed by atoms with van der Waals surface area (Å²) in [7, 11) is -0.289. The molecule has 1 aliphatic heterocycles. The summed E-state index contributed by atoms with van der Waals surface area (Å²) in [6.07, 6.45) is 3.44. The third-order valence-electron chi connectivity index (χ3n) is 2.84. The second-order valence-corrected chi connectivity index (χ2v) is 8.95. The van der Waals surface area contributed by atoms with Crippen LogP contribution in [0, 0.1) is 0 Å². The third kappa shape index (κ3) is 4.29. The molecule has 0 spiro atoms. The van der Waals surface area contributed by atoms with Gasteiger partial charge in [-0.25, -0.2) is 0 Å². The molecule has 2 nitrogen and oxygen atoms in total. The van der Waals surface area contributed by atoms with Crippen LogP contribution in [0.15, 0.2) is 0 Å². The molecule has 1 atom stereocenters. The van der Waals surface area contributed by atoms with E-state index in [-0.39, 0.29) is 18.7 Å². The van der Waals surface area contributed by atoms with Gasteiger partial charge in [0.05, 0.1) is 6.61 Å². The van der Waals surface area contributed by atoms with Gasteiger partial charge in [0.2, 0.25) is 0 Å². The van der Waals surface area contributed by atoms with Crippen LogP contribution in [0.25, 0.3) is 0 Å². The lowest BCUT2D eigenvalue weighted by molar-refractivity contribution is -0.142. The van der Waals surface area contributed by atoms with Crippen LogP contribution >= 0.6 is 22.6 Å². The van der Waals surface area contributed by atoms with Crippen LogP contribution < -0.4 is 0 Å². The summed E-state index contributed by atoms with van der Waals surface area (Å²) < 4.78 is 5.24. The molecule has 0 aromatic carbocycles. The number of halogens is 1. The number of hydrogen-bond acceptors (Lipinski definition) is 2. The Hall–Kier alpha value is 0.417. The van der Waals surface area contributed by atoms with Gasteiger partial charge < -0.3 is 4.74 Å². The normalized spacial score (nSPS) is 18.7. The summed E-state index contributed by atoms with van der Waals surface area (Å²) >= 11 is 2.15. The number of alkyl halides is 1. The molecule has 1 fully saturated rings. The average molecular weight is 326 g/mol. The van der Waals surface area contributed by atoms with Crippen LogP contribution in [0.3, 0.4) is 0 Å². The lowest BCUT2D eigenvalue weighted by Crippen LogP contribution is -2.22. The highest BCUT2D eigenvalue weighted by Crippen LogP contribution is 2.24. The molecule has 0 amide bonds. The molecule has 0 bridgehead atoms. The molecule has 0 N–H and O–H groups in total. The summed E-state index contributed by atoms with van der Waals surface area (Å²) in [5.74, 6) is -0.0247. The van der Waals surface area contributed by atoms with Crippen molar-refractivity contribution in [2.75, 3.05) is 6.61 Å². The van der Waals surface area contributed by atoms with Crippen molar-refractivity contribution < 1.29 is 9.53 Å². The van der Waals surface area contributed by atoms with Crippen LogP contribution in [0.2, 0.25) is 18.1 Å². The van der Waals surface area contributed by atoms with Crippen LogP contribution in [-0.4, -0.2) is 25.3 Å². The van der Waals surface area contributed by atoms with Crippen molar-refractivity contribution in [1.29, 1.82) is 0 Å². The number of carbonyl (C=O) groups is 1. The average Bonchev–Trinajstić information content (AvgIpc) is 2.13. The van der Waals surface area contributed by atoms with Crippen LogP contribution in [0.4, 0.5) is 0 Å². The highest BCUT2D eigenvalue weighted by Gasteiger charge is 2.19. The lowest BCUT2D eigenvalue weighted by Gasteiger charge is -2.23. The summed E-state index contributed by atoms with van der Waals surface area (Å²) in [5, 5.41) is 0. The lowest BCUT2D eigenvalue weighted by atomic mass is 10.3. The highest BCUT2D eigenvalue weighted by atomic mass is 127. The van der Waals surface area contributed by atoms with E-state index in [1.165, 1.54) is 24.6 Å². The number of ether oxygens (including phenoxy) is 1. The summed E-state index contributed by atoms with van der Waals surface area (Å²) in [4.78, 5) is 11.3. The predicted molar refractivity (Wildman–Crippen MR) is 69.9 cm³/mol. The van der Waals surface area contributed by atoms with Crippen LogP contribution in [0.1, 0.15) is 26.2 Å². The zero-order chi connectivity index (χ0) is 10.4. The summed E-state index contributed by atoms with van der Waals surface area (Å²) in [6.45, 7) is 2.67. The van der Waals surface area contributed by atoms with Gasteiger partial charge in [-0.05, 0) is 12.8 Å². The molecular weight excluding hydrogens is 307 g/mol. The molecule has 1 rings (SSSR count). The first-order chi connectivity index (χ1) is 6.74. The van der Waals surface area contributed by atoms with Crippen molar-refractivity contribution in [3.63, 3.8) is 0 Å². The Morgan fingerprint density at radius 1 is 1.57 bits per heavy atom. The van der Waals surface area contributed by atoms with E-state index in [0.717, 1.165) is 12.8 Å².